The van der Waals surface area contributed by atoms with Crippen LogP contribution in [0.4, 0.5) is 0 Å². The number of rotatable bonds is 8. The zero-order chi connectivity index (χ0) is 12.5. The van der Waals surface area contributed by atoms with Crippen molar-refractivity contribution in [2.24, 2.45) is 0 Å². The van der Waals surface area contributed by atoms with E-state index in [1.807, 2.05) is 30.3 Å². The van der Waals surface area contributed by atoms with Gasteiger partial charge in [0.25, 0.3) is 0 Å². The third kappa shape index (κ3) is 5.05. The highest BCUT2D eigenvalue weighted by Gasteiger charge is 2.07. The van der Waals surface area contributed by atoms with Gasteiger partial charge in [-0.15, -0.1) is 6.58 Å². The molecule has 0 saturated heterocycles. The Hall–Kier alpha value is -1.28. The van der Waals surface area contributed by atoms with Gasteiger partial charge in [0.2, 0.25) is 0 Å². The molecule has 0 aliphatic carbocycles. The summed E-state index contributed by atoms with van der Waals surface area (Å²) in [7, 11) is 0. The number of ether oxygens (including phenoxy) is 1. The second-order valence-electron chi connectivity index (χ2n) is 4.20. The number of hydrogen-bond acceptors (Lipinski definition) is 2. The van der Waals surface area contributed by atoms with Crippen molar-refractivity contribution in [1.82, 2.24) is 0 Å². The van der Waals surface area contributed by atoms with Gasteiger partial charge in [-0.05, 0) is 38.7 Å². The lowest BCUT2D eigenvalue weighted by molar-refractivity contribution is 0.190. The van der Waals surface area contributed by atoms with Crippen molar-refractivity contribution in [3.63, 3.8) is 0 Å². The van der Waals surface area contributed by atoms with Gasteiger partial charge in [-0.25, -0.2) is 0 Å². The molecule has 1 aromatic carbocycles. The molecule has 0 aliphatic rings. The van der Waals surface area contributed by atoms with Crippen molar-refractivity contribution in [1.29, 1.82) is 0 Å². The maximum atomic E-state index is 9.59. The van der Waals surface area contributed by atoms with Gasteiger partial charge in [0.1, 0.15) is 5.75 Å². The summed E-state index contributed by atoms with van der Waals surface area (Å²) in [6.07, 6.45) is 5.91. The average Bonchev–Trinajstić information content (AvgIpc) is 2.34. The fourth-order valence-electron chi connectivity index (χ4n) is 1.71. The molecule has 2 heteroatoms. The van der Waals surface area contributed by atoms with Gasteiger partial charge in [0.05, 0.1) is 12.7 Å². The third-order valence-electron chi connectivity index (χ3n) is 2.68. The lowest BCUT2D eigenvalue weighted by Crippen LogP contribution is -2.02. The van der Waals surface area contributed by atoms with E-state index in [0.717, 1.165) is 30.6 Å². The molecule has 1 N–H and O–H groups in total. The van der Waals surface area contributed by atoms with E-state index in [1.165, 1.54) is 6.42 Å². The Morgan fingerprint density at radius 2 is 2.06 bits per heavy atom. The lowest BCUT2D eigenvalue weighted by atomic mass is 10.1. The molecule has 0 heterocycles. The summed E-state index contributed by atoms with van der Waals surface area (Å²) in [6.45, 7) is 6.16. The van der Waals surface area contributed by atoms with Crippen LogP contribution in [0.3, 0.4) is 0 Å². The van der Waals surface area contributed by atoms with Crippen molar-refractivity contribution < 1.29 is 9.84 Å². The van der Waals surface area contributed by atoms with Crippen LogP contribution in [0.15, 0.2) is 36.9 Å². The summed E-state index contributed by atoms with van der Waals surface area (Å²) in [6, 6.07) is 7.65. The minimum Gasteiger partial charge on any atom is -0.493 e. The van der Waals surface area contributed by atoms with E-state index in [2.05, 4.69) is 6.58 Å². The quantitative estimate of drug-likeness (QED) is 0.546. The molecule has 0 unspecified atom stereocenters. The summed E-state index contributed by atoms with van der Waals surface area (Å²) < 4.78 is 5.69. The molecule has 0 aromatic heterocycles. The van der Waals surface area contributed by atoms with E-state index in [1.54, 1.807) is 6.92 Å². The van der Waals surface area contributed by atoms with E-state index in [0.29, 0.717) is 6.61 Å². The minimum absolute atomic E-state index is 0.480. The zero-order valence-corrected chi connectivity index (χ0v) is 10.6. The van der Waals surface area contributed by atoms with E-state index in [4.69, 9.17) is 4.74 Å². The first-order chi connectivity index (χ1) is 8.25. The van der Waals surface area contributed by atoms with Gasteiger partial charge in [-0.2, -0.15) is 0 Å². The van der Waals surface area contributed by atoms with Crippen LogP contribution in [-0.2, 0) is 0 Å². The summed E-state index contributed by atoms with van der Waals surface area (Å²) in [5.74, 6) is 0.797. The number of hydrogen-bond donors (Lipinski definition) is 1. The van der Waals surface area contributed by atoms with Crippen molar-refractivity contribution in [2.75, 3.05) is 6.61 Å². The maximum absolute atomic E-state index is 9.59. The Labute approximate surface area is 104 Å². The smallest absolute Gasteiger partial charge is 0.125 e. The molecular weight excluding hydrogens is 212 g/mol. The predicted octanol–water partition coefficient (Wildman–Crippen LogP) is 3.87. The monoisotopic (exact) mass is 234 g/mol. The highest BCUT2D eigenvalue weighted by atomic mass is 16.5. The van der Waals surface area contributed by atoms with Gasteiger partial charge in [-0.3, -0.25) is 0 Å². The molecule has 0 aliphatic heterocycles. The Balaban J connectivity index is 2.33. The molecule has 94 valence electrons. The van der Waals surface area contributed by atoms with Crippen LogP contribution >= 0.6 is 0 Å². The Bertz CT molecular complexity index is 331. The first-order valence-corrected chi connectivity index (χ1v) is 6.26. The number of aliphatic hydroxyl groups excluding tert-OH is 1. The first-order valence-electron chi connectivity index (χ1n) is 6.26. The zero-order valence-electron chi connectivity index (χ0n) is 10.6. The SMILES string of the molecule is C=CCCCCCOc1ccccc1[C@@H](C)O. The normalized spacial score (nSPS) is 12.1. The third-order valence-corrected chi connectivity index (χ3v) is 2.68. The van der Waals surface area contributed by atoms with E-state index in [-0.39, 0.29) is 0 Å². The van der Waals surface area contributed by atoms with Crippen LogP contribution in [0.5, 0.6) is 5.75 Å². The number of aliphatic hydroxyl groups is 1. The molecule has 0 spiro atoms. The summed E-state index contributed by atoms with van der Waals surface area (Å²) in [5, 5.41) is 9.59. The summed E-state index contributed by atoms with van der Waals surface area (Å²) >= 11 is 0. The topological polar surface area (TPSA) is 29.5 Å². The van der Waals surface area contributed by atoms with Gasteiger partial charge >= 0.3 is 0 Å². The molecule has 0 bridgehead atoms. The van der Waals surface area contributed by atoms with Crippen molar-refractivity contribution in [2.45, 2.75) is 38.7 Å². The first kappa shape index (κ1) is 13.8. The van der Waals surface area contributed by atoms with Gasteiger partial charge < -0.3 is 9.84 Å². The van der Waals surface area contributed by atoms with Crippen LogP contribution in [0.25, 0.3) is 0 Å². The van der Waals surface area contributed by atoms with Crippen LogP contribution in [0, 0.1) is 0 Å². The Morgan fingerprint density at radius 3 is 2.76 bits per heavy atom. The maximum Gasteiger partial charge on any atom is 0.125 e. The molecule has 0 saturated carbocycles. The molecular formula is C15H22O2. The van der Waals surface area contributed by atoms with Crippen LogP contribution in [0.1, 0.15) is 44.3 Å². The van der Waals surface area contributed by atoms with Gasteiger partial charge in [0.15, 0.2) is 0 Å². The van der Waals surface area contributed by atoms with Crippen LogP contribution in [-0.4, -0.2) is 11.7 Å². The van der Waals surface area contributed by atoms with Crippen molar-refractivity contribution >= 4 is 0 Å². The molecule has 17 heavy (non-hydrogen) atoms. The highest BCUT2D eigenvalue weighted by molar-refractivity contribution is 5.34. The molecule has 0 radical (unpaired) electrons. The van der Waals surface area contributed by atoms with Crippen molar-refractivity contribution in [3.05, 3.63) is 42.5 Å². The molecule has 1 aromatic rings. The fraction of sp³-hybridized carbons (Fsp3) is 0.467. The largest absolute Gasteiger partial charge is 0.493 e. The van der Waals surface area contributed by atoms with E-state index < -0.39 is 6.10 Å². The van der Waals surface area contributed by atoms with Crippen molar-refractivity contribution in [3.8, 4) is 5.75 Å². The number of benzene rings is 1. The average molecular weight is 234 g/mol. The Kier molecular flexibility index (Phi) is 6.41. The van der Waals surface area contributed by atoms with Gasteiger partial charge in [0, 0.05) is 5.56 Å². The molecule has 0 fully saturated rings. The number of allylic oxidation sites excluding steroid dienone is 1. The minimum atomic E-state index is -0.480. The number of unbranched alkanes of at least 4 members (excludes halogenated alkanes) is 3. The second-order valence-corrected chi connectivity index (χ2v) is 4.20. The van der Waals surface area contributed by atoms with E-state index in [9.17, 15) is 5.11 Å². The molecule has 0 amide bonds. The highest BCUT2D eigenvalue weighted by Crippen LogP contribution is 2.24. The van der Waals surface area contributed by atoms with Gasteiger partial charge in [-0.1, -0.05) is 24.3 Å². The van der Waals surface area contributed by atoms with E-state index >= 15 is 0 Å². The van der Waals surface area contributed by atoms with Crippen LogP contribution < -0.4 is 4.74 Å². The fourth-order valence-corrected chi connectivity index (χ4v) is 1.71. The standard InChI is InChI=1S/C15H22O2/c1-3-4-5-6-9-12-17-15-11-8-7-10-14(15)13(2)16/h3,7-8,10-11,13,16H,1,4-6,9,12H2,2H3/t13-/m1/s1. The molecule has 2 nitrogen and oxygen atoms in total. The predicted molar refractivity (Wildman–Crippen MR) is 71.2 cm³/mol. The summed E-state index contributed by atoms with van der Waals surface area (Å²) in [5.41, 5.74) is 0.860. The van der Waals surface area contributed by atoms with Crippen LogP contribution in [0.2, 0.25) is 0 Å². The second kappa shape index (κ2) is 7.91. The molecule has 1 rings (SSSR count). The lowest BCUT2D eigenvalue weighted by Gasteiger charge is -2.12. The molecule has 1 atom stereocenters. The summed E-state index contributed by atoms with van der Waals surface area (Å²) in [4.78, 5) is 0. The number of para-hydroxylation sites is 1. The Morgan fingerprint density at radius 1 is 1.29 bits per heavy atom.